The van der Waals surface area contributed by atoms with Crippen molar-refractivity contribution < 1.29 is 4.74 Å². The Morgan fingerprint density at radius 2 is 2.62 bits per heavy atom. The number of nitrogens with zero attached hydrogens (tertiary/aromatic N) is 3. The first kappa shape index (κ1) is 11.5. The van der Waals surface area contributed by atoms with E-state index in [1.807, 2.05) is 4.68 Å². The Morgan fingerprint density at radius 3 is 3.25 bits per heavy atom. The van der Waals surface area contributed by atoms with E-state index >= 15 is 0 Å². The van der Waals surface area contributed by atoms with Crippen molar-refractivity contribution in [3.63, 3.8) is 0 Å². The highest BCUT2D eigenvalue weighted by Gasteiger charge is 2.26. The molecule has 1 aliphatic heterocycles. The number of hydrogen-bond acceptors (Lipinski definition) is 5. The van der Waals surface area contributed by atoms with Crippen molar-refractivity contribution in [3.8, 4) is 0 Å². The van der Waals surface area contributed by atoms with Crippen LogP contribution in [0.5, 0.6) is 0 Å². The third-order valence-electron chi connectivity index (χ3n) is 3.15. The Labute approximate surface area is 95.1 Å². The lowest BCUT2D eigenvalue weighted by Gasteiger charge is -2.20. The summed E-state index contributed by atoms with van der Waals surface area (Å²) in [4.78, 5) is 4.26. The van der Waals surface area contributed by atoms with E-state index in [0.29, 0.717) is 5.92 Å². The summed E-state index contributed by atoms with van der Waals surface area (Å²) in [6.07, 6.45) is 3.46. The molecule has 0 spiro atoms. The number of hydrazine groups is 1. The number of ether oxygens (including phenoxy) is 1. The fraction of sp³-hybridized carbons (Fsp3) is 0.800. The molecule has 1 aromatic rings. The summed E-state index contributed by atoms with van der Waals surface area (Å²) in [6, 6.07) is 0.219. The summed E-state index contributed by atoms with van der Waals surface area (Å²) in [7, 11) is 0. The van der Waals surface area contributed by atoms with Gasteiger partial charge in [0.1, 0.15) is 12.2 Å². The minimum atomic E-state index is 0.219. The number of nitrogens with two attached hydrogens (primary N) is 1. The van der Waals surface area contributed by atoms with Gasteiger partial charge in [-0.1, -0.05) is 0 Å². The number of aryl methyl sites for hydroxylation is 1. The molecule has 2 heterocycles. The SMILES string of the molecule is CCn1ncnc1CC(NN)C1CCOC1. The summed E-state index contributed by atoms with van der Waals surface area (Å²) in [5.74, 6) is 7.06. The van der Waals surface area contributed by atoms with Crippen LogP contribution in [-0.4, -0.2) is 34.0 Å². The lowest BCUT2D eigenvalue weighted by atomic mass is 9.96. The molecule has 16 heavy (non-hydrogen) atoms. The predicted octanol–water partition coefficient (Wildman–Crippen LogP) is -0.291. The summed E-state index contributed by atoms with van der Waals surface area (Å²) in [5.41, 5.74) is 2.87. The van der Waals surface area contributed by atoms with Crippen LogP contribution in [0.4, 0.5) is 0 Å². The second-order valence-corrected chi connectivity index (χ2v) is 4.09. The van der Waals surface area contributed by atoms with Crippen LogP contribution in [0.15, 0.2) is 6.33 Å². The number of nitrogens with one attached hydrogen (secondary N) is 1. The van der Waals surface area contributed by atoms with Gasteiger partial charge in [0.15, 0.2) is 0 Å². The minimum absolute atomic E-state index is 0.219. The number of rotatable bonds is 5. The van der Waals surface area contributed by atoms with E-state index in [0.717, 1.165) is 38.4 Å². The van der Waals surface area contributed by atoms with E-state index in [2.05, 4.69) is 22.4 Å². The Bertz CT molecular complexity index is 321. The molecular formula is C10H19N5O. The Morgan fingerprint density at radius 1 is 1.75 bits per heavy atom. The Balaban J connectivity index is 2.00. The molecule has 1 saturated heterocycles. The maximum atomic E-state index is 5.60. The largest absolute Gasteiger partial charge is 0.381 e. The van der Waals surface area contributed by atoms with E-state index in [9.17, 15) is 0 Å². The van der Waals surface area contributed by atoms with Crippen LogP contribution in [0.3, 0.4) is 0 Å². The van der Waals surface area contributed by atoms with Gasteiger partial charge in [0.2, 0.25) is 0 Å². The van der Waals surface area contributed by atoms with Gasteiger partial charge in [-0.3, -0.25) is 16.0 Å². The van der Waals surface area contributed by atoms with Crippen molar-refractivity contribution in [2.45, 2.75) is 32.4 Å². The van der Waals surface area contributed by atoms with Gasteiger partial charge in [0, 0.05) is 31.5 Å². The van der Waals surface area contributed by atoms with Crippen molar-refractivity contribution in [1.29, 1.82) is 0 Å². The van der Waals surface area contributed by atoms with E-state index in [-0.39, 0.29) is 6.04 Å². The molecule has 2 atom stereocenters. The molecular weight excluding hydrogens is 206 g/mol. The van der Waals surface area contributed by atoms with Crippen molar-refractivity contribution in [2.24, 2.45) is 11.8 Å². The molecule has 2 rings (SSSR count). The summed E-state index contributed by atoms with van der Waals surface area (Å²) in [5, 5.41) is 4.15. The molecule has 0 aliphatic carbocycles. The highest BCUT2D eigenvalue weighted by atomic mass is 16.5. The van der Waals surface area contributed by atoms with Crippen LogP contribution in [0.2, 0.25) is 0 Å². The number of hydrogen-bond donors (Lipinski definition) is 2. The van der Waals surface area contributed by atoms with Gasteiger partial charge in [-0.25, -0.2) is 4.98 Å². The standard InChI is InChI=1S/C10H19N5O/c1-2-15-10(12-7-13-15)5-9(14-11)8-3-4-16-6-8/h7-9,14H,2-6,11H2,1H3. The monoisotopic (exact) mass is 225 g/mol. The van der Waals surface area contributed by atoms with Crippen molar-refractivity contribution in [2.75, 3.05) is 13.2 Å². The second-order valence-electron chi connectivity index (χ2n) is 4.09. The first-order valence-electron chi connectivity index (χ1n) is 5.75. The molecule has 0 aromatic carbocycles. The van der Waals surface area contributed by atoms with Gasteiger partial charge >= 0.3 is 0 Å². The maximum Gasteiger partial charge on any atom is 0.138 e. The third-order valence-corrected chi connectivity index (χ3v) is 3.15. The van der Waals surface area contributed by atoms with Gasteiger partial charge < -0.3 is 4.74 Å². The van der Waals surface area contributed by atoms with Gasteiger partial charge in [-0.05, 0) is 13.3 Å². The van der Waals surface area contributed by atoms with Crippen LogP contribution in [0.25, 0.3) is 0 Å². The fourth-order valence-corrected chi connectivity index (χ4v) is 2.14. The zero-order chi connectivity index (χ0) is 11.4. The van der Waals surface area contributed by atoms with Gasteiger partial charge in [-0.15, -0.1) is 0 Å². The third kappa shape index (κ3) is 2.40. The van der Waals surface area contributed by atoms with E-state index in [1.54, 1.807) is 6.33 Å². The lowest BCUT2D eigenvalue weighted by molar-refractivity contribution is 0.176. The topological polar surface area (TPSA) is 78.0 Å². The number of aromatic nitrogens is 3. The van der Waals surface area contributed by atoms with Crippen LogP contribution in [-0.2, 0) is 17.7 Å². The maximum absolute atomic E-state index is 5.60. The second kappa shape index (κ2) is 5.38. The molecule has 1 aliphatic rings. The quantitative estimate of drug-likeness (QED) is 0.532. The normalized spacial score (nSPS) is 22.5. The minimum Gasteiger partial charge on any atom is -0.381 e. The molecule has 0 radical (unpaired) electrons. The average molecular weight is 225 g/mol. The smallest absolute Gasteiger partial charge is 0.138 e. The molecule has 0 amide bonds. The first-order chi connectivity index (χ1) is 7.85. The van der Waals surface area contributed by atoms with Gasteiger partial charge in [0.25, 0.3) is 0 Å². The molecule has 1 fully saturated rings. The molecule has 1 aromatic heterocycles. The molecule has 2 unspecified atom stereocenters. The fourth-order valence-electron chi connectivity index (χ4n) is 2.14. The molecule has 3 N–H and O–H groups in total. The predicted molar refractivity (Wildman–Crippen MR) is 59.4 cm³/mol. The van der Waals surface area contributed by atoms with Crippen molar-refractivity contribution in [3.05, 3.63) is 12.2 Å². The Kier molecular flexibility index (Phi) is 3.87. The Hall–Kier alpha value is -0.980. The average Bonchev–Trinajstić information content (AvgIpc) is 2.96. The zero-order valence-electron chi connectivity index (χ0n) is 9.59. The molecule has 90 valence electrons. The zero-order valence-corrected chi connectivity index (χ0v) is 9.59. The first-order valence-corrected chi connectivity index (χ1v) is 5.75. The summed E-state index contributed by atoms with van der Waals surface area (Å²) >= 11 is 0. The highest BCUT2D eigenvalue weighted by Crippen LogP contribution is 2.18. The van der Waals surface area contributed by atoms with Crippen LogP contribution >= 0.6 is 0 Å². The van der Waals surface area contributed by atoms with E-state index in [4.69, 9.17) is 10.6 Å². The summed E-state index contributed by atoms with van der Waals surface area (Å²) in [6.45, 7) is 4.52. The van der Waals surface area contributed by atoms with E-state index in [1.165, 1.54) is 0 Å². The molecule has 6 nitrogen and oxygen atoms in total. The van der Waals surface area contributed by atoms with Gasteiger partial charge in [0.05, 0.1) is 6.61 Å². The van der Waals surface area contributed by atoms with Crippen LogP contribution in [0.1, 0.15) is 19.2 Å². The van der Waals surface area contributed by atoms with Gasteiger partial charge in [-0.2, -0.15) is 5.10 Å². The summed E-state index contributed by atoms with van der Waals surface area (Å²) < 4.78 is 7.28. The van der Waals surface area contributed by atoms with E-state index < -0.39 is 0 Å². The molecule has 6 heteroatoms. The van der Waals surface area contributed by atoms with Crippen molar-refractivity contribution in [1.82, 2.24) is 20.2 Å². The highest BCUT2D eigenvalue weighted by molar-refractivity contribution is 4.92. The molecule has 0 saturated carbocycles. The molecule has 0 bridgehead atoms. The van der Waals surface area contributed by atoms with Crippen LogP contribution < -0.4 is 11.3 Å². The van der Waals surface area contributed by atoms with Crippen molar-refractivity contribution >= 4 is 0 Å². The van der Waals surface area contributed by atoms with Crippen LogP contribution in [0, 0.1) is 5.92 Å². The lowest BCUT2D eigenvalue weighted by Crippen LogP contribution is -2.43.